The second-order valence-electron chi connectivity index (χ2n) is 6.18. The fraction of sp³-hybridized carbons (Fsp3) is 0.105. The molecular formula is C19H10F6N4S. The van der Waals surface area contributed by atoms with E-state index >= 15 is 0 Å². The van der Waals surface area contributed by atoms with Gasteiger partial charge >= 0.3 is 12.4 Å². The summed E-state index contributed by atoms with van der Waals surface area (Å²) in [7, 11) is 0. The maximum absolute atomic E-state index is 13.4. The number of nitrogens with zero attached hydrogens (tertiary/aromatic N) is 4. The van der Waals surface area contributed by atoms with E-state index in [1.54, 1.807) is 11.6 Å². The monoisotopic (exact) mass is 440 g/mol. The summed E-state index contributed by atoms with van der Waals surface area (Å²) < 4.78 is 79.8. The molecule has 0 aliphatic carbocycles. The van der Waals surface area contributed by atoms with Gasteiger partial charge in [0.05, 0.1) is 5.56 Å². The molecule has 0 saturated carbocycles. The molecule has 1 aromatic carbocycles. The van der Waals surface area contributed by atoms with Gasteiger partial charge in [0, 0.05) is 17.8 Å². The van der Waals surface area contributed by atoms with Crippen molar-refractivity contribution in [1.82, 2.24) is 19.5 Å². The molecule has 154 valence electrons. The lowest BCUT2D eigenvalue weighted by Crippen LogP contribution is -2.10. The lowest BCUT2D eigenvalue weighted by molar-refractivity contribution is -0.141. The number of hydrogen-bond acceptors (Lipinski definition) is 4. The maximum Gasteiger partial charge on any atom is 0.433 e. The molecule has 4 rings (SSSR count). The highest BCUT2D eigenvalue weighted by molar-refractivity contribution is 7.13. The number of imidazole rings is 1. The third kappa shape index (κ3) is 4.06. The Bertz CT molecular complexity index is 1160. The second-order valence-corrected chi connectivity index (χ2v) is 7.07. The molecule has 11 heteroatoms. The van der Waals surface area contributed by atoms with Gasteiger partial charge in [0.1, 0.15) is 28.5 Å². The maximum atomic E-state index is 13.4. The summed E-state index contributed by atoms with van der Waals surface area (Å²) in [4.78, 5) is 11.9. The first-order valence-corrected chi connectivity index (χ1v) is 9.20. The minimum Gasteiger partial charge on any atom is -0.290 e. The van der Waals surface area contributed by atoms with Gasteiger partial charge in [-0.1, -0.05) is 12.1 Å². The van der Waals surface area contributed by atoms with E-state index in [-0.39, 0.29) is 16.9 Å². The Balaban J connectivity index is 1.79. The van der Waals surface area contributed by atoms with Crippen LogP contribution in [0, 0.1) is 0 Å². The molecule has 3 aromatic heterocycles. The predicted molar refractivity (Wildman–Crippen MR) is 97.9 cm³/mol. The van der Waals surface area contributed by atoms with Crippen molar-refractivity contribution in [1.29, 1.82) is 0 Å². The fourth-order valence-corrected chi connectivity index (χ4v) is 3.32. The summed E-state index contributed by atoms with van der Waals surface area (Å²) in [6, 6.07) is 6.03. The summed E-state index contributed by atoms with van der Waals surface area (Å²) in [6.07, 6.45) is -4.92. The van der Waals surface area contributed by atoms with E-state index in [4.69, 9.17) is 0 Å². The third-order valence-corrected chi connectivity index (χ3v) is 4.94. The normalized spacial score (nSPS) is 12.3. The molecule has 0 aliphatic rings. The zero-order chi connectivity index (χ0) is 21.5. The Labute approximate surface area is 169 Å². The van der Waals surface area contributed by atoms with Crippen LogP contribution in [0.4, 0.5) is 26.3 Å². The SMILES string of the molecule is FC(F)(F)c1ccc(-c2cc(-n3cnc(-c4nccs4)c3)nc(C(F)(F)F)c2)cc1. The van der Waals surface area contributed by atoms with Crippen molar-refractivity contribution in [2.45, 2.75) is 12.4 Å². The Morgan fingerprint density at radius 2 is 1.57 bits per heavy atom. The first kappa shape index (κ1) is 20.1. The first-order chi connectivity index (χ1) is 14.1. The van der Waals surface area contributed by atoms with Gasteiger partial charge in [0.15, 0.2) is 0 Å². The quantitative estimate of drug-likeness (QED) is 0.362. The van der Waals surface area contributed by atoms with Crippen LogP contribution in [-0.4, -0.2) is 19.5 Å². The van der Waals surface area contributed by atoms with Crippen LogP contribution in [0.15, 0.2) is 60.5 Å². The number of aromatic nitrogens is 4. The predicted octanol–water partition coefficient (Wildman–Crippen LogP) is 6.10. The van der Waals surface area contributed by atoms with E-state index in [2.05, 4.69) is 15.0 Å². The van der Waals surface area contributed by atoms with Crippen LogP contribution in [0.2, 0.25) is 0 Å². The van der Waals surface area contributed by atoms with Gasteiger partial charge in [-0.2, -0.15) is 26.3 Å². The third-order valence-electron chi connectivity index (χ3n) is 4.15. The second kappa shape index (κ2) is 7.24. The van der Waals surface area contributed by atoms with E-state index in [1.165, 1.54) is 34.5 Å². The molecule has 0 N–H and O–H groups in total. The van der Waals surface area contributed by atoms with Crippen molar-refractivity contribution < 1.29 is 26.3 Å². The Morgan fingerprint density at radius 3 is 2.17 bits per heavy atom. The lowest BCUT2D eigenvalue weighted by atomic mass is 10.0. The number of thiazole rings is 1. The molecule has 0 saturated heterocycles. The molecule has 30 heavy (non-hydrogen) atoms. The first-order valence-electron chi connectivity index (χ1n) is 8.32. The molecule has 0 aliphatic heterocycles. The van der Waals surface area contributed by atoms with Gasteiger partial charge < -0.3 is 0 Å². The summed E-state index contributed by atoms with van der Waals surface area (Å²) in [5.41, 5.74) is -1.33. The van der Waals surface area contributed by atoms with Crippen LogP contribution < -0.4 is 0 Å². The van der Waals surface area contributed by atoms with Crippen molar-refractivity contribution in [3.8, 4) is 27.6 Å². The molecule has 3 heterocycles. The average Bonchev–Trinajstić information content (AvgIpc) is 3.38. The van der Waals surface area contributed by atoms with Crippen molar-refractivity contribution >= 4 is 11.3 Å². The number of benzene rings is 1. The minimum absolute atomic E-state index is 0.0740. The molecule has 0 fully saturated rings. The molecule has 4 aromatic rings. The highest BCUT2D eigenvalue weighted by atomic mass is 32.1. The van der Waals surface area contributed by atoms with Crippen LogP contribution in [0.25, 0.3) is 27.6 Å². The van der Waals surface area contributed by atoms with E-state index < -0.39 is 23.6 Å². The molecule has 0 atom stereocenters. The number of hydrogen-bond donors (Lipinski definition) is 0. The molecule has 0 amide bonds. The summed E-state index contributed by atoms with van der Waals surface area (Å²) in [6.45, 7) is 0. The van der Waals surface area contributed by atoms with Crippen molar-refractivity contribution in [2.24, 2.45) is 0 Å². The van der Waals surface area contributed by atoms with Crippen LogP contribution >= 0.6 is 11.3 Å². The molecule has 0 unspecified atom stereocenters. The number of rotatable bonds is 3. The van der Waals surface area contributed by atoms with Gasteiger partial charge in [0.25, 0.3) is 0 Å². The largest absolute Gasteiger partial charge is 0.433 e. The number of alkyl halides is 6. The summed E-state index contributed by atoms with van der Waals surface area (Å²) >= 11 is 1.32. The number of pyridine rings is 1. The van der Waals surface area contributed by atoms with Crippen molar-refractivity contribution in [3.05, 3.63) is 71.8 Å². The van der Waals surface area contributed by atoms with E-state index in [0.717, 1.165) is 30.3 Å². The van der Waals surface area contributed by atoms with Crippen molar-refractivity contribution in [2.75, 3.05) is 0 Å². The zero-order valence-electron chi connectivity index (χ0n) is 14.7. The minimum atomic E-state index is -4.74. The van der Waals surface area contributed by atoms with Crippen LogP contribution in [0.5, 0.6) is 0 Å². The Morgan fingerprint density at radius 1 is 0.833 bits per heavy atom. The average molecular weight is 440 g/mol. The van der Waals surface area contributed by atoms with E-state index in [1.807, 2.05) is 0 Å². The summed E-state index contributed by atoms with van der Waals surface area (Å²) in [5.74, 6) is -0.0740. The highest BCUT2D eigenvalue weighted by Gasteiger charge is 2.34. The van der Waals surface area contributed by atoms with Gasteiger partial charge in [-0.15, -0.1) is 11.3 Å². The standard InChI is InChI=1S/C19H10F6N4S/c20-18(21,22)13-3-1-11(2-4-13)12-7-15(19(23,24)25)28-16(8-12)29-9-14(27-10-29)17-26-5-6-30-17/h1-10H. The Kier molecular flexibility index (Phi) is 4.85. The molecular weight excluding hydrogens is 430 g/mol. The molecule has 4 nitrogen and oxygen atoms in total. The summed E-state index contributed by atoms with van der Waals surface area (Å²) in [5, 5.41) is 2.32. The number of halogens is 6. The van der Waals surface area contributed by atoms with Gasteiger partial charge in [-0.3, -0.25) is 4.57 Å². The van der Waals surface area contributed by atoms with Gasteiger partial charge in [-0.05, 0) is 35.4 Å². The topological polar surface area (TPSA) is 43.6 Å². The van der Waals surface area contributed by atoms with Crippen LogP contribution in [0.1, 0.15) is 11.3 Å². The van der Waals surface area contributed by atoms with Gasteiger partial charge in [-0.25, -0.2) is 15.0 Å². The fourth-order valence-electron chi connectivity index (χ4n) is 2.72. The smallest absolute Gasteiger partial charge is 0.290 e. The zero-order valence-corrected chi connectivity index (χ0v) is 15.6. The van der Waals surface area contributed by atoms with Crippen molar-refractivity contribution in [3.63, 3.8) is 0 Å². The molecule has 0 bridgehead atoms. The van der Waals surface area contributed by atoms with E-state index in [0.29, 0.717) is 10.7 Å². The molecule has 0 spiro atoms. The van der Waals surface area contributed by atoms with Crippen LogP contribution in [0.3, 0.4) is 0 Å². The molecule has 0 radical (unpaired) electrons. The highest BCUT2D eigenvalue weighted by Crippen LogP contribution is 2.34. The van der Waals surface area contributed by atoms with Gasteiger partial charge in [0.2, 0.25) is 0 Å². The lowest BCUT2D eigenvalue weighted by Gasteiger charge is -2.13. The Hall–Kier alpha value is -3.21. The van der Waals surface area contributed by atoms with E-state index in [9.17, 15) is 26.3 Å². The van der Waals surface area contributed by atoms with Crippen LogP contribution in [-0.2, 0) is 12.4 Å².